The van der Waals surface area contributed by atoms with Crippen LogP contribution < -0.4 is 10.6 Å². The number of carbonyl (C=O) groups excluding carboxylic acids is 2. The molecular weight excluding hydrogens is 408 g/mol. The number of carbonyl (C=O) groups is 2. The van der Waals surface area contributed by atoms with Crippen molar-refractivity contribution in [3.05, 3.63) is 76.0 Å². The number of nitro groups is 1. The van der Waals surface area contributed by atoms with Crippen molar-refractivity contribution in [3.63, 3.8) is 0 Å². The third-order valence-electron chi connectivity index (χ3n) is 3.99. The molecule has 1 atom stereocenters. The summed E-state index contributed by atoms with van der Waals surface area (Å²) in [5.41, 5.74) is 0.574. The van der Waals surface area contributed by atoms with Crippen molar-refractivity contribution in [1.29, 1.82) is 0 Å². The second-order valence-corrected chi connectivity index (χ2v) is 7.77. The summed E-state index contributed by atoms with van der Waals surface area (Å²) in [6.45, 7) is 3.51. The highest BCUT2D eigenvalue weighted by Crippen LogP contribution is 2.26. The normalized spacial score (nSPS) is 11.5. The molecule has 0 aliphatic carbocycles. The van der Waals surface area contributed by atoms with E-state index in [0.717, 1.165) is 4.90 Å². The first kappa shape index (κ1) is 21.1. The van der Waals surface area contributed by atoms with Crippen LogP contribution in [0.2, 0.25) is 0 Å². The molecule has 1 aromatic heterocycles. The van der Waals surface area contributed by atoms with Gasteiger partial charge in [0, 0.05) is 34.3 Å². The highest BCUT2D eigenvalue weighted by atomic mass is 32.2. The van der Waals surface area contributed by atoms with E-state index in [-0.39, 0.29) is 22.4 Å². The standard InChI is InChI=1S/C20H18N4O5S/c1-12-10-18(23-29-12)22-19(25)13(2)30-17-8-6-15(7-9-17)21-20(26)14-4-3-5-16(11-14)24(27)28/h3-11,13H,1-2H3,(H,21,26)(H,22,23,25). The topological polar surface area (TPSA) is 127 Å². The Labute approximate surface area is 176 Å². The molecule has 154 valence electrons. The minimum Gasteiger partial charge on any atom is -0.360 e. The summed E-state index contributed by atoms with van der Waals surface area (Å²) in [5.74, 6) is 0.309. The van der Waals surface area contributed by atoms with Crippen LogP contribution in [0.4, 0.5) is 17.2 Å². The van der Waals surface area contributed by atoms with E-state index in [2.05, 4.69) is 15.8 Å². The number of hydrogen-bond acceptors (Lipinski definition) is 7. The highest BCUT2D eigenvalue weighted by molar-refractivity contribution is 8.00. The van der Waals surface area contributed by atoms with Crippen molar-refractivity contribution < 1.29 is 19.0 Å². The number of hydrogen-bond donors (Lipinski definition) is 2. The van der Waals surface area contributed by atoms with Crippen molar-refractivity contribution >= 4 is 40.8 Å². The van der Waals surface area contributed by atoms with Gasteiger partial charge in [-0.25, -0.2) is 0 Å². The van der Waals surface area contributed by atoms with Crippen LogP contribution in [0.5, 0.6) is 0 Å². The molecule has 0 bridgehead atoms. The molecule has 1 unspecified atom stereocenters. The molecule has 0 fully saturated rings. The number of nitrogens with zero attached hydrogens (tertiary/aromatic N) is 2. The van der Waals surface area contributed by atoms with Crippen molar-refractivity contribution in [2.24, 2.45) is 0 Å². The molecule has 2 amide bonds. The molecule has 1 heterocycles. The summed E-state index contributed by atoms with van der Waals surface area (Å²) >= 11 is 1.35. The van der Waals surface area contributed by atoms with Crippen molar-refractivity contribution in [2.45, 2.75) is 24.0 Å². The Hall–Kier alpha value is -3.66. The Morgan fingerprint density at radius 3 is 2.50 bits per heavy atom. The number of anilines is 2. The second-order valence-electron chi connectivity index (χ2n) is 6.36. The molecule has 2 aromatic carbocycles. The lowest BCUT2D eigenvalue weighted by Crippen LogP contribution is -2.22. The maximum Gasteiger partial charge on any atom is 0.270 e. The maximum absolute atomic E-state index is 12.3. The Morgan fingerprint density at radius 1 is 1.13 bits per heavy atom. The van der Waals surface area contributed by atoms with Crippen LogP contribution in [0.1, 0.15) is 23.0 Å². The lowest BCUT2D eigenvalue weighted by molar-refractivity contribution is -0.384. The van der Waals surface area contributed by atoms with Crippen LogP contribution in [0.25, 0.3) is 0 Å². The number of amides is 2. The fraction of sp³-hybridized carbons (Fsp3) is 0.150. The van der Waals surface area contributed by atoms with Gasteiger partial charge in [0.25, 0.3) is 11.6 Å². The zero-order chi connectivity index (χ0) is 21.7. The quantitative estimate of drug-likeness (QED) is 0.328. The van der Waals surface area contributed by atoms with Crippen molar-refractivity contribution in [1.82, 2.24) is 5.16 Å². The molecule has 3 aromatic rings. The lowest BCUT2D eigenvalue weighted by Gasteiger charge is -2.11. The van der Waals surface area contributed by atoms with E-state index in [1.165, 1.54) is 36.0 Å². The molecule has 0 spiro atoms. The molecule has 0 aliphatic rings. The van der Waals surface area contributed by atoms with E-state index in [4.69, 9.17) is 4.52 Å². The minimum atomic E-state index is -0.552. The van der Waals surface area contributed by atoms with Crippen LogP contribution in [0.15, 0.2) is 64.0 Å². The SMILES string of the molecule is Cc1cc(NC(=O)C(C)Sc2ccc(NC(=O)c3cccc([N+](=O)[O-])c3)cc2)no1. The van der Waals surface area contributed by atoms with Gasteiger partial charge in [-0.2, -0.15) is 0 Å². The van der Waals surface area contributed by atoms with Crippen LogP contribution in [-0.2, 0) is 4.79 Å². The smallest absolute Gasteiger partial charge is 0.270 e. The summed E-state index contributed by atoms with van der Waals surface area (Å²) in [7, 11) is 0. The minimum absolute atomic E-state index is 0.151. The Kier molecular flexibility index (Phi) is 6.48. The number of aryl methyl sites for hydroxylation is 1. The molecule has 2 N–H and O–H groups in total. The molecular formula is C20H18N4O5S. The third kappa shape index (κ3) is 5.45. The monoisotopic (exact) mass is 426 g/mol. The van der Waals surface area contributed by atoms with E-state index in [1.54, 1.807) is 44.2 Å². The summed E-state index contributed by atoms with van der Waals surface area (Å²) < 4.78 is 4.92. The molecule has 0 radical (unpaired) electrons. The maximum atomic E-state index is 12.3. The first-order chi connectivity index (χ1) is 14.3. The van der Waals surface area contributed by atoms with Crippen molar-refractivity contribution in [3.8, 4) is 0 Å². The van der Waals surface area contributed by atoms with Crippen LogP contribution in [0.3, 0.4) is 0 Å². The number of rotatable bonds is 7. The van der Waals surface area contributed by atoms with Crippen LogP contribution in [-0.4, -0.2) is 27.1 Å². The van der Waals surface area contributed by atoms with E-state index in [9.17, 15) is 19.7 Å². The predicted octanol–water partition coefficient (Wildman–Crippen LogP) is 4.26. The van der Waals surface area contributed by atoms with E-state index < -0.39 is 10.8 Å². The summed E-state index contributed by atoms with van der Waals surface area (Å²) in [6, 6.07) is 14.1. The number of benzene rings is 2. The zero-order valence-corrected chi connectivity index (χ0v) is 16.9. The molecule has 9 nitrogen and oxygen atoms in total. The summed E-state index contributed by atoms with van der Waals surface area (Å²) in [4.78, 5) is 35.7. The van der Waals surface area contributed by atoms with Crippen LogP contribution in [0, 0.1) is 17.0 Å². The van der Waals surface area contributed by atoms with Gasteiger partial charge in [-0.15, -0.1) is 11.8 Å². The van der Waals surface area contributed by atoms with E-state index >= 15 is 0 Å². The van der Waals surface area contributed by atoms with Crippen LogP contribution >= 0.6 is 11.8 Å². The molecule has 10 heteroatoms. The predicted molar refractivity (Wildman–Crippen MR) is 113 cm³/mol. The lowest BCUT2D eigenvalue weighted by atomic mass is 10.2. The van der Waals surface area contributed by atoms with Gasteiger partial charge < -0.3 is 15.2 Å². The average Bonchev–Trinajstić information content (AvgIpc) is 3.14. The fourth-order valence-electron chi connectivity index (χ4n) is 2.49. The molecule has 30 heavy (non-hydrogen) atoms. The molecule has 0 saturated heterocycles. The molecule has 0 aliphatic heterocycles. The van der Waals surface area contributed by atoms with E-state index in [0.29, 0.717) is 17.3 Å². The first-order valence-electron chi connectivity index (χ1n) is 8.88. The molecule has 3 rings (SSSR count). The van der Waals surface area contributed by atoms with Gasteiger partial charge >= 0.3 is 0 Å². The van der Waals surface area contributed by atoms with Gasteiger partial charge in [-0.1, -0.05) is 11.2 Å². The summed E-state index contributed by atoms with van der Waals surface area (Å²) in [5, 5.41) is 19.6. The third-order valence-corrected chi connectivity index (χ3v) is 5.10. The number of nitro benzene ring substituents is 1. The first-order valence-corrected chi connectivity index (χ1v) is 9.76. The average molecular weight is 426 g/mol. The highest BCUT2D eigenvalue weighted by Gasteiger charge is 2.16. The largest absolute Gasteiger partial charge is 0.360 e. The van der Waals surface area contributed by atoms with Gasteiger partial charge in [0.05, 0.1) is 10.2 Å². The van der Waals surface area contributed by atoms with Gasteiger partial charge in [-0.05, 0) is 44.2 Å². The zero-order valence-electron chi connectivity index (χ0n) is 16.1. The summed E-state index contributed by atoms with van der Waals surface area (Å²) in [6.07, 6.45) is 0. The number of non-ortho nitro benzene ring substituents is 1. The Balaban J connectivity index is 1.58. The van der Waals surface area contributed by atoms with Gasteiger partial charge in [-0.3, -0.25) is 19.7 Å². The number of nitrogens with one attached hydrogen (secondary N) is 2. The fourth-order valence-corrected chi connectivity index (χ4v) is 3.36. The van der Waals surface area contributed by atoms with Gasteiger partial charge in [0.1, 0.15) is 5.76 Å². The molecule has 0 saturated carbocycles. The number of aromatic nitrogens is 1. The second kappa shape index (κ2) is 9.23. The van der Waals surface area contributed by atoms with Gasteiger partial charge in [0.2, 0.25) is 5.91 Å². The Bertz CT molecular complexity index is 1080. The van der Waals surface area contributed by atoms with E-state index in [1.807, 2.05) is 0 Å². The van der Waals surface area contributed by atoms with Crippen molar-refractivity contribution in [2.75, 3.05) is 10.6 Å². The number of thioether (sulfide) groups is 1. The Morgan fingerprint density at radius 2 is 1.87 bits per heavy atom. The van der Waals surface area contributed by atoms with Gasteiger partial charge in [0.15, 0.2) is 5.82 Å².